The third-order valence-corrected chi connectivity index (χ3v) is 5.03. The smallest absolute Gasteiger partial charge is 0.308 e. The number of carbonyl (C=O) groups is 3. The SMILES string of the molecule is CC(=O)N1C=Cc2ccccc2C1CC(=O)N[C@@H]1CCC[C@@H]1C(=O)O. The molecule has 1 heterocycles. The fraction of sp³-hybridized carbons (Fsp3) is 0.421. The van der Waals surface area contributed by atoms with E-state index in [1.165, 1.54) is 6.92 Å². The highest BCUT2D eigenvalue weighted by Gasteiger charge is 2.35. The Kier molecular flexibility index (Phi) is 4.88. The Balaban J connectivity index is 1.75. The first-order valence-electron chi connectivity index (χ1n) is 8.55. The highest BCUT2D eigenvalue weighted by atomic mass is 16.4. The van der Waals surface area contributed by atoms with Crippen molar-refractivity contribution in [1.82, 2.24) is 10.2 Å². The summed E-state index contributed by atoms with van der Waals surface area (Å²) in [5, 5.41) is 12.1. The standard InChI is InChI=1S/C19H22N2O4/c1-12(22)21-10-9-13-5-2-3-6-14(13)17(21)11-18(23)20-16-8-4-7-15(16)19(24)25/h2-3,5-6,9-10,15-17H,4,7-8,11H2,1H3,(H,20,23)(H,24,25)/t15-,16+,17?/m0/s1. The van der Waals surface area contributed by atoms with E-state index in [1.807, 2.05) is 30.3 Å². The first-order valence-corrected chi connectivity index (χ1v) is 8.55. The molecule has 1 aliphatic heterocycles. The number of hydrogen-bond donors (Lipinski definition) is 2. The number of carboxylic acid groups (broad SMARTS) is 1. The molecular weight excluding hydrogens is 320 g/mol. The molecule has 6 nitrogen and oxygen atoms in total. The maximum Gasteiger partial charge on any atom is 0.308 e. The quantitative estimate of drug-likeness (QED) is 0.879. The second kappa shape index (κ2) is 7.09. The lowest BCUT2D eigenvalue weighted by atomic mass is 9.93. The fourth-order valence-corrected chi connectivity index (χ4v) is 3.78. The van der Waals surface area contributed by atoms with Crippen LogP contribution in [0.4, 0.5) is 0 Å². The van der Waals surface area contributed by atoms with Crippen LogP contribution in [0.2, 0.25) is 0 Å². The van der Waals surface area contributed by atoms with E-state index in [0.717, 1.165) is 17.5 Å². The highest BCUT2D eigenvalue weighted by Crippen LogP contribution is 2.33. The van der Waals surface area contributed by atoms with Gasteiger partial charge in [-0.05, 0) is 30.0 Å². The Morgan fingerprint density at radius 2 is 2.00 bits per heavy atom. The van der Waals surface area contributed by atoms with Gasteiger partial charge in [-0.3, -0.25) is 14.4 Å². The number of nitrogens with one attached hydrogen (secondary N) is 1. The average molecular weight is 342 g/mol. The van der Waals surface area contributed by atoms with Gasteiger partial charge in [0.05, 0.1) is 18.4 Å². The van der Waals surface area contributed by atoms with Crippen LogP contribution in [-0.2, 0) is 14.4 Å². The van der Waals surface area contributed by atoms with Crippen molar-refractivity contribution >= 4 is 23.9 Å². The first-order chi connectivity index (χ1) is 12.0. The minimum atomic E-state index is -0.862. The van der Waals surface area contributed by atoms with Crippen molar-refractivity contribution in [2.45, 2.75) is 44.7 Å². The van der Waals surface area contributed by atoms with Gasteiger partial charge >= 0.3 is 5.97 Å². The predicted octanol–water partition coefficient (Wildman–Crippen LogP) is 2.32. The third kappa shape index (κ3) is 3.57. The van der Waals surface area contributed by atoms with E-state index < -0.39 is 11.9 Å². The number of carboxylic acids is 1. The zero-order valence-corrected chi connectivity index (χ0v) is 14.1. The normalized spacial score (nSPS) is 24.7. The van der Waals surface area contributed by atoms with E-state index in [4.69, 9.17) is 0 Å². The van der Waals surface area contributed by atoms with Crippen LogP contribution in [0, 0.1) is 5.92 Å². The Hall–Kier alpha value is -2.63. The van der Waals surface area contributed by atoms with Gasteiger partial charge < -0.3 is 15.3 Å². The molecule has 3 rings (SSSR count). The van der Waals surface area contributed by atoms with Crippen molar-refractivity contribution in [3.63, 3.8) is 0 Å². The summed E-state index contributed by atoms with van der Waals surface area (Å²) in [6, 6.07) is 6.97. The van der Waals surface area contributed by atoms with Gasteiger partial charge in [-0.25, -0.2) is 0 Å². The molecule has 0 radical (unpaired) electrons. The molecule has 2 aliphatic rings. The van der Waals surface area contributed by atoms with E-state index in [1.54, 1.807) is 11.1 Å². The van der Waals surface area contributed by atoms with E-state index in [-0.39, 0.29) is 30.3 Å². The molecule has 0 saturated heterocycles. The average Bonchev–Trinajstić information content (AvgIpc) is 3.03. The lowest BCUT2D eigenvalue weighted by molar-refractivity contribution is -0.142. The van der Waals surface area contributed by atoms with Crippen LogP contribution in [0.1, 0.15) is 49.8 Å². The van der Waals surface area contributed by atoms with Gasteiger partial charge in [-0.15, -0.1) is 0 Å². The van der Waals surface area contributed by atoms with Gasteiger partial charge in [0.15, 0.2) is 0 Å². The third-order valence-electron chi connectivity index (χ3n) is 5.03. The Labute approximate surface area is 146 Å². The second-order valence-electron chi connectivity index (χ2n) is 6.64. The predicted molar refractivity (Wildman–Crippen MR) is 92.3 cm³/mol. The fourth-order valence-electron chi connectivity index (χ4n) is 3.78. The van der Waals surface area contributed by atoms with Crippen molar-refractivity contribution < 1.29 is 19.5 Å². The summed E-state index contributed by atoms with van der Waals surface area (Å²) in [6.07, 6.45) is 5.76. The Morgan fingerprint density at radius 3 is 2.72 bits per heavy atom. The van der Waals surface area contributed by atoms with E-state index >= 15 is 0 Å². The zero-order chi connectivity index (χ0) is 18.0. The number of carbonyl (C=O) groups excluding carboxylic acids is 2. The van der Waals surface area contributed by atoms with Crippen LogP contribution >= 0.6 is 0 Å². The molecule has 0 spiro atoms. The minimum absolute atomic E-state index is 0.115. The molecule has 132 valence electrons. The molecule has 1 aromatic carbocycles. The molecule has 6 heteroatoms. The molecule has 1 aliphatic carbocycles. The first kappa shape index (κ1) is 17.2. The molecular formula is C19H22N2O4. The Morgan fingerprint density at radius 1 is 1.24 bits per heavy atom. The topological polar surface area (TPSA) is 86.7 Å². The zero-order valence-electron chi connectivity index (χ0n) is 14.1. The van der Waals surface area contributed by atoms with Gasteiger partial charge in [-0.1, -0.05) is 30.7 Å². The van der Waals surface area contributed by atoms with Crippen LogP contribution in [0.3, 0.4) is 0 Å². The van der Waals surface area contributed by atoms with Gasteiger partial charge in [0.1, 0.15) is 0 Å². The van der Waals surface area contributed by atoms with Crippen LogP contribution in [0.15, 0.2) is 30.5 Å². The molecule has 1 fully saturated rings. The van der Waals surface area contributed by atoms with Crippen molar-refractivity contribution in [3.8, 4) is 0 Å². The van der Waals surface area contributed by atoms with Crippen LogP contribution in [0.25, 0.3) is 6.08 Å². The Bertz CT molecular complexity index is 728. The maximum absolute atomic E-state index is 12.5. The molecule has 0 bridgehead atoms. The summed E-state index contributed by atoms with van der Waals surface area (Å²) in [6.45, 7) is 1.47. The second-order valence-corrected chi connectivity index (χ2v) is 6.64. The number of fused-ring (bicyclic) bond motifs is 1. The van der Waals surface area contributed by atoms with E-state index in [0.29, 0.717) is 12.8 Å². The molecule has 1 unspecified atom stereocenters. The van der Waals surface area contributed by atoms with Crippen molar-refractivity contribution in [3.05, 3.63) is 41.6 Å². The summed E-state index contributed by atoms with van der Waals surface area (Å²) in [5.41, 5.74) is 1.92. The molecule has 3 atom stereocenters. The summed E-state index contributed by atoms with van der Waals surface area (Å²) < 4.78 is 0. The largest absolute Gasteiger partial charge is 0.481 e. The van der Waals surface area contributed by atoms with Crippen molar-refractivity contribution in [2.24, 2.45) is 5.92 Å². The van der Waals surface area contributed by atoms with Crippen LogP contribution < -0.4 is 5.32 Å². The van der Waals surface area contributed by atoms with Gasteiger partial charge in [0.25, 0.3) is 0 Å². The number of rotatable bonds is 4. The van der Waals surface area contributed by atoms with Crippen LogP contribution in [0.5, 0.6) is 0 Å². The minimum Gasteiger partial charge on any atom is -0.481 e. The molecule has 1 aromatic rings. The lowest BCUT2D eigenvalue weighted by Crippen LogP contribution is -2.42. The summed E-state index contributed by atoms with van der Waals surface area (Å²) >= 11 is 0. The summed E-state index contributed by atoms with van der Waals surface area (Å²) in [5.74, 6) is -1.74. The number of aliphatic carboxylic acids is 1. The van der Waals surface area contributed by atoms with Gasteiger partial charge in [0.2, 0.25) is 11.8 Å². The lowest BCUT2D eigenvalue weighted by Gasteiger charge is -2.32. The van der Waals surface area contributed by atoms with Crippen molar-refractivity contribution in [1.29, 1.82) is 0 Å². The number of hydrogen-bond acceptors (Lipinski definition) is 3. The summed E-state index contributed by atoms with van der Waals surface area (Å²) in [7, 11) is 0. The molecule has 0 aromatic heterocycles. The number of nitrogens with zero attached hydrogens (tertiary/aromatic N) is 1. The van der Waals surface area contributed by atoms with Gasteiger partial charge in [-0.2, -0.15) is 0 Å². The maximum atomic E-state index is 12.5. The van der Waals surface area contributed by atoms with E-state index in [9.17, 15) is 19.5 Å². The molecule has 25 heavy (non-hydrogen) atoms. The van der Waals surface area contributed by atoms with Crippen molar-refractivity contribution in [2.75, 3.05) is 0 Å². The highest BCUT2D eigenvalue weighted by molar-refractivity contribution is 5.82. The molecule has 2 N–H and O–H groups in total. The monoisotopic (exact) mass is 342 g/mol. The van der Waals surface area contributed by atoms with Crippen LogP contribution in [-0.4, -0.2) is 33.8 Å². The number of benzene rings is 1. The van der Waals surface area contributed by atoms with E-state index in [2.05, 4.69) is 5.32 Å². The molecule has 2 amide bonds. The molecule has 1 saturated carbocycles. The van der Waals surface area contributed by atoms with Gasteiger partial charge in [0, 0.05) is 19.2 Å². The summed E-state index contributed by atoms with van der Waals surface area (Å²) in [4.78, 5) is 37.3. The number of amides is 2.